The Bertz CT molecular complexity index is 339. The summed E-state index contributed by atoms with van der Waals surface area (Å²) in [7, 11) is 1.60. The zero-order valence-electron chi connectivity index (χ0n) is 7.79. The van der Waals surface area contributed by atoms with Crippen LogP contribution in [-0.4, -0.2) is 13.0 Å². The maximum absolute atomic E-state index is 10.5. The second-order valence-corrected chi connectivity index (χ2v) is 3.62. The number of carbonyl (C=O) groups excluding carboxylic acids is 1. The van der Waals surface area contributed by atoms with Gasteiger partial charge in [0.25, 0.3) is 0 Å². The van der Waals surface area contributed by atoms with Gasteiger partial charge in [0.1, 0.15) is 5.75 Å². The summed E-state index contributed by atoms with van der Waals surface area (Å²) in [6.45, 7) is 0. The predicted octanol–water partition coefficient (Wildman–Crippen LogP) is 1.89. The normalized spacial score (nSPS) is 9.86. The van der Waals surface area contributed by atoms with E-state index in [0.717, 1.165) is 15.8 Å². The van der Waals surface area contributed by atoms with Crippen LogP contribution >= 0.6 is 15.9 Å². The number of nitrogens with two attached hydrogens (primary N) is 1. The zero-order valence-corrected chi connectivity index (χ0v) is 9.37. The lowest BCUT2D eigenvalue weighted by Crippen LogP contribution is -2.10. The van der Waals surface area contributed by atoms with Crippen molar-refractivity contribution < 1.29 is 9.53 Å². The van der Waals surface area contributed by atoms with E-state index in [1.165, 1.54) is 0 Å². The molecule has 0 heterocycles. The van der Waals surface area contributed by atoms with Crippen LogP contribution in [0.25, 0.3) is 0 Å². The van der Waals surface area contributed by atoms with Crippen molar-refractivity contribution in [2.75, 3.05) is 7.11 Å². The van der Waals surface area contributed by atoms with Crippen molar-refractivity contribution >= 4 is 21.8 Å². The summed E-state index contributed by atoms with van der Waals surface area (Å²) in [5.74, 6) is 0.398. The summed E-state index contributed by atoms with van der Waals surface area (Å²) in [5, 5.41) is 0. The monoisotopic (exact) mass is 256 g/mol. The quantitative estimate of drug-likeness (QED) is 0.895. The predicted molar refractivity (Wildman–Crippen MR) is 57.9 cm³/mol. The van der Waals surface area contributed by atoms with E-state index in [0.29, 0.717) is 0 Å². The molecule has 0 saturated heterocycles. The van der Waals surface area contributed by atoms with Gasteiger partial charge in [-0.15, -0.1) is 0 Å². The lowest BCUT2D eigenvalue weighted by Gasteiger charge is -2.05. The van der Waals surface area contributed by atoms with Gasteiger partial charge in [-0.25, -0.2) is 0 Å². The van der Waals surface area contributed by atoms with E-state index in [2.05, 4.69) is 15.9 Å². The SMILES string of the molecule is COc1cc([CH]CC(N)=O)ccc1Br. The highest BCUT2D eigenvalue weighted by atomic mass is 79.9. The summed E-state index contributed by atoms with van der Waals surface area (Å²) in [5.41, 5.74) is 5.95. The second kappa shape index (κ2) is 5.00. The number of rotatable bonds is 4. The highest BCUT2D eigenvalue weighted by molar-refractivity contribution is 9.10. The smallest absolute Gasteiger partial charge is 0.218 e. The molecule has 3 nitrogen and oxygen atoms in total. The summed E-state index contributed by atoms with van der Waals surface area (Å²) < 4.78 is 5.99. The highest BCUT2D eigenvalue weighted by Gasteiger charge is 2.03. The van der Waals surface area contributed by atoms with E-state index in [1.807, 2.05) is 18.2 Å². The Labute approximate surface area is 91.4 Å². The largest absolute Gasteiger partial charge is 0.496 e. The van der Waals surface area contributed by atoms with Crippen LogP contribution in [-0.2, 0) is 4.79 Å². The highest BCUT2D eigenvalue weighted by Crippen LogP contribution is 2.26. The van der Waals surface area contributed by atoms with Gasteiger partial charge in [-0.3, -0.25) is 4.79 Å². The molecule has 1 rings (SSSR count). The summed E-state index contributed by atoms with van der Waals surface area (Å²) in [6.07, 6.45) is 2.00. The minimum Gasteiger partial charge on any atom is -0.496 e. The van der Waals surface area contributed by atoms with Gasteiger partial charge in [-0.1, -0.05) is 6.07 Å². The maximum atomic E-state index is 10.5. The minimum absolute atomic E-state index is 0.241. The van der Waals surface area contributed by atoms with Gasteiger partial charge in [-0.05, 0) is 33.6 Å². The molecular weight excluding hydrogens is 246 g/mol. The first-order chi connectivity index (χ1) is 6.63. The molecule has 0 unspecified atom stereocenters. The maximum Gasteiger partial charge on any atom is 0.218 e. The molecule has 1 amide bonds. The average molecular weight is 257 g/mol. The number of hydrogen-bond donors (Lipinski definition) is 1. The molecule has 0 aromatic heterocycles. The van der Waals surface area contributed by atoms with Crippen molar-refractivity contribution in [3.05, 3.63) is 34.7 Å². The molecule has 75 valence electrons. The van der Waals surface area contributed by atoms with E-state index >= 15 is 0 Å². The second-order valence-electron chi connectivity index (χ2n) is 2.77. The van der Waals surface area contributed by atoms with Gasteiger partial charge >= 0.3 is 0 Å². The zero-order chi connectivity index (χ0) is 10.6. The van der Waals surface area contributed by atoms with E-state index in [4.69, 9.17) is 10.5 Å². The Balaban J connectivity index is 2.74. The third-order valence-electron chi connectivity index (χ3n) is 1.71. The van der Waals surface area contributed by atoms with Crippen LogP contribution < -0.4 is 10.5 Å². The fraction of sp³-hybridized carbons (Fsp3) is 0.200. The average Bonchev–Trinajstić information content (AvgIpc) is 2.16. The molecule has 0 bridgehead atoms. The first-order valence-electron chi connectivity index (χ1n) is 4.08. The number of hydrogen-bond acceptors (Lipinski definition) is 2. The summed E-state index contributed by atoms with van der Waals surface area (Å²) >= 11 is 3.34. The molecular formula is C10H11BrNO2. The standard InChI is InChI=1S/C10H11BrNO2/c1-14-9-6-7(2-4-8(9)11)3-5-10(12)13/h2-4,6H,5H2,1H3,(H2,12,13). The van der Waals surface area contributed by atoms with E-state index in [1.54, 1.807) is 13.5 Å². The van der Waals surface area contributed by atoms with Crippen molar-refractivity contribution in [1.82, 2.24) is 0 Å². The molecule has 1 aromatic rings. The number of primary amides is 1. The van der Waals surface area contributed by atoms with Gasteiger partial charge in [-0.2, -0.15) is 0 Å². The van der Waals surface area contributed by atoms with Crippen LogP contribution in [0, 0.1) is 6.42 Å². The molecule has 0 spiro atoms. The Kier molecular flexibility index (Phi) is 3.95. The molecule has 0 saturated carbocycles. The van der Waals surface area contributed by atoms with Gasteiger partial charge < -0.3 is 10.5 Å². The third-order valence-corrected chi connectivity index (χ3v) is 2.37. The van der Waals surface area contributed by atoms with Gasteiger partial charge in [0.2, 0.25) is 5.91 Å². The first-order valence-corrected chi connectivity index (χ1v) is 4.88. The van der Waals surface area contributed by atoms with Crippen LogP contribution in [0.1, 0.15) is 12.0 Å². The lowest BCUT2D eigenvalue weighted by molar-refractivity contribution is -0.117. The van der Waals surface area contributed by atoms with Crippen molar-refractivity contribution in [3.63, 3.8) is 0 Å². The van der Waals surface area contributed by atoms with Gasteiger partial charge in [0.05, 0.1) is 11.6 Å². The molecule has 0 aliphatic heterocycles. The lowest BCUT2D eigenvalue weighted by atomic mass is 10.1. The molecule has 14 heavy (non-hydrogen) atoms. The topological polar surface area (TPSA) is 52.3 Å². The number of amides is 1. The van der Waals surface area contributed by atoms with Crippen molar-refractivity contribution in [3.8, 4) is 5.75 Å². The van der Waals surface area contributed by atoms with E-state index < -0.39 is 0 Å². The van der Waals surface area contributed by atoms with Gasteiger partial charge in [0.15, 0.2) is 0 Å². The summed E-state index contributed by atoms with van der Waals surface area (Å²) in [4.78, 5) is 10.5. The number of carbonyl (C=O) groups is 1. The van der Waals surface area contributed by atoms with Crippen molar-refractivity contribution in [1.29, 1.82) is 0 Å². The number of methoxy groups -OCH3 is 1. The number of halogens is 1. The number of benzene rings is 1. The molecule has 1 radical (unpaired) electrons. The molecule has 0 atom stereocenters. The van der Waals surface area contributed by atoms with E-state index in [-0.39, 0.29) is 12.3 Å². The van der Waals surface area contributed by atoms with Crippen LogP contribution in [0.4, 0.5) is 0 Å². The van der Waals surface area contributed by atoms with E-state index in [9.17, 15) is 4.79 Å². The minimum atomic E-state index is -0.341. The Morgan fingerprint density at radius 3 is 2.93 bits per heavy atom. The Hall–Kier alpha value is -1.03. The van der Waals surface area contributed by atoms with Crippen LogP contribution in [0.2, 0.25) is 0 Å². The van der Waals surface area contributed by atoms with Crippen molar-refractivity contribution in [2.24, 2.45) is 5.73 Å². The Morgan fingerprint density at radius 2 is 2.36 bits per heavy atom. The molecule has 2 N–H and O–H groups in total. The van der Waals surface area contributed by atoms with Crippen LogP contribution in [0.5, 0.6) is 5.75 Å². The first kappa shape index (κ1) is 11.0. The van der Waals surface area contributed by atoms with Crippen molar-refractivity contribution in [2.45, 2.75) is 6.42 Å². The van der Waals surface area contributed by atoms with Crippen LogP contribution in [0.3, 0.4) is 0 Å². The molecule has 0 aliphatic rings. The number of ether oxygens (including phenoxy) is 1. The molecule has 0 fully saturated rings. The fourth-order valence-electron chi connectivity index (χ4n) is 1.02. The molecule has 4 heteroatoms. The van der Waals surface area contributed by atoms with Crippen LogP contribution in [0.15, 0.2) is 22.7 Å². The fourth-order valence-corrected chi connectivity index (χ4v) is 1.43. The molecule has 0 aliphatic carbocycles. The third kappa shape index (κ3) is 3.03. The Morgan fingerprint density at radius 1 is 1.64 bits per heavy atom. The summed E-state index contributed by atoms with van der Waals surface area (Å²) in [6, 6.07) is 5.59. The van der Waals surface area contributed by atoms with Gasteiger partial charge in [0, 0.05) is 12.8 Å². The molecule has 1 aromatic carbocycles.